The highest BCUT2D eigenvalue weighted by atomic mass is 35.5. The van der Waals surface area contributed by atoms with E-state index >= 15 is 0 Å². The summed E-state index contributed by atoms with van der Waals surface area (Å²) in [5, 5.41) is 9.13. The highest BCUT2D eigenvalue weighted by molar-refractivity contribution is 6.32. The van der Waals surface area contributed by atoms with Gasteiger partial charge in [0.05, 0.1) is 16.7 Å². The van der Waals surface area contributed by atoms with Crippen LogP contribution in [0.2, 0.25) is 5.02 Å². The van der Waals surface area contributed by atoms with Gasteiger partial charge in [-0.1, -0.05) is 72.3 Å². The van der Waals surface area contributed by atoms with Crippen molar-refractivity contribution in [1.82, 2.24) is 0 Å². The van der Waals surface area contributed by atoms with Crippen LogP contribution in [0.4, 0.5) is 0 Å². The lowest BCUT2D eigenvalue weighted by atomic mass is 9.91. The third-order valence-electron chi connectivity index (χ3n) is 3.77. The molecular formula is C21H14ClNO2. The van der Waals surface area contributed by atoms with E-state index in [1.807, 2.05) is 66.7 Å². The predicted molar refractivity (Wildman–Crippen MR) is 96.5 cm³/mol. The van der Waals surface area contributed by atoms with E-state index in [9.17, 15) is 4.79 Å². The molecule has 0 bridgehead atoms. The molecule has 3 aromatic rings. The number of carbonyl (C=O) groups is 1. The summed E-state index contributed by atoms with van der Waals surface area (Å²) in [5.74, 6) is -0.749. The molecule has 0 spiro atoms. The first-order chi connectivity index (χ1) is 12.2. The van der Waals surface area contributed by atoms with Crippen molar-refractivity contribution in [3.63, 3.8) is 0 Å². The highest BCUT2D eigenvalue weighted by Crippen LogP contribution is 2.30. The average molecular weight is 348 g/mol. The molecule has 0 N–H and O–H groups in total. The van der Waals surface area contributed by atoms with Gasteiger partial charge in [0.2, 0.25) is 0 Å². The molecule has 3 rings (SSSR count). The van der Waals surface area contributed by atoms with Gasteiger partial charge in [0.25, 0.3) is 0 Å². The third-order valence-corrected chi connectivity index (χ3v) is 4.07. The summed E-state index contributed by atoms with van der Waals surface area (Å²) in [4.78, 5) is 12.9. The highest BCUT2D eigenvalue weighted by Gasteiger charge is 2.25. The number of carbonyl (C=O) groups excluding carboxylic acids is 1. The summed E-state index contributed by atoms with van der Waals surface area (Å²) >= 11 is 6.12. The Labute approximate surface area is 151 Å². The fourth-order valence-electron chi connectivity index (χ4n) is 2.58. The second-order valence-corrected chi connectivity index (χ2v) is 5.84. The fraction of sp³-hybridized carbons (Fsp3) is 0.0476. The molecule has 0 atom stereocenters. The topological polar surface area (TPSA) is 50.1 Å². The lowest BCUT2D eigenvalue weighted by molar-refractivity contribution is -0.135. The van der Waals surface area contributed by atoms with Gasteiger partial charge in [-0.15, -0.1) is 0 Å². The van der Waals surface area contributed by atoms with Crippen LogP contribution in [0, 0.1) is 11.3 Å². The van der Waals surface area contributed by atoms with E-state index in [1.54, 1.807) is 6.07 Å². The Morgan fingerprint density at radius 1 is 0.920 bits per heavy atom. The first kappa shape index (κ1) is 16.8. The largest absolute Gasteiger partial charge is 0.424 e. The van der Waals surface area contributed by atoms with E-state index in [0.29, 0.717) is 5.56 Å². The van der Waals surface area contributed by atoms with Crippen molar-refractivity contribution in [2.75, 3.05) is 0 Å². The quantitative estimate of drug-likeness (QED) is 0.495. The van der Waals surface area contributed by atoms with Gasteiger partial charge in [0, 0.05) is 0 Å². The van der Waals surface area contributed by atoms with Gasteiger partial charge in [0.1, 0.15) is 11.7 Å². The smallest absolute Gasteiger partial charge is 0.323 e. The maximum absolute atomic E-state index is 12.9. The molecule has 0 aliphatic carbocycles. The van der Waals surface area contributed by atoms with Gasteiger partial charge >= 0.3 is 5.97 Å². The maximum atomic E-state index is 12.9. The summed E-state index contributed by atoms with van der Waals surface area (Å²) in [6, 6.07) is 25.4. The zero-order valence-electron chi connectivity index (χ0n) is 13.2. The Hall–Kier alpha value is -3.09. The Morgan fingerprint density at radius 2 is 1.48 bits per heavy atom. The lowest BCUT2D eigenvalue weighted by Gasteiger charge is -2.17. The standard InChI is InChI=1S/C21H14ClNO2/c22-18-13-15(14-23)11-12-19(18)25-21(24)20(16-7-3-1-4-8-16)17-9-5-2-6-10-17/h1-13,20H. The number of rotatable bonds is 4. The van der Waals surface area contributed by atoms with Crippen LogP contribution in [0.1, 0.15) is 22.6 Å². The molecule has 0 radical (unpaired) electrons. The molecule has 3 nitrogen and oxygen atoms in total. The van der Waals surface area contributed by atoms with E-state index in [2.05, 4.69) is 0 Å². The summed E-state index contributed by atoms with van der Waals surface area (Å²) in [6.07, 6.45) is 0. The van der Waals surface area contributed by atoms with Crippen LogP contribution >= 0.6 is 11.6 Å². The van der Waals surface area contributed by atoms with E-state index in [0.717, 1.165) is 11.1 Å². The van der Waals surface area contributed by atoms with Crippen molar-refractivity contribution < 1.29 is 9.53 Å². The van der Waals surface area contributed by atoms with Crippen LogP contribution in [0.15, 0.2) is 78.9 Å². The fourth-order valence-corrected chi connectivity index (χ4v) is 2.80. The minimum atomic E-state index is -0.561. The second-order valence-electron chi connectivity index (χ2n) is 5.43. The number of hydrogen-bond donors (Lipinski definition) is 0. The van der Waals surface area contributed by atoms with E-state index in [1.165, 1.54) is 12.1 Å². The van der Waals surface area contributed by atoms with Crippen molar-refractivity contribution in [2.24, 2.45) is 0 Å². The normalized spacial score (nSPS) is 10.3. The molecule has 0 unspecified atom stereocenters. The maximum Gasteiger partial charge on any atom is 0.323 e. The summed E-state index contributed by atoms with van der Waals surface area (Å²) < 4.78 is 5.54. The molecule has 4 heteroatoms. The van der Waals surface area contributed by atoms with Crippen LogP contribution in [0.25, 0.3) is 0 Å². The number of halogens is 1. The number of hydrogen-bond acceptors (Lipinski definition) is 3. The molecule has 0 aliphatic heterocycles. The Kier molecular flexibility index (Phi) is 5.13. The summed E-state index contributed by atoms with van der Waals surface area (Å²) in [5.41, 5.74) is 2.08. The molecule has 0 saturated heterocycles. The molecule has 0 saturated carbocycles. The third kappa shape index (κ3) is 3.88. The average Bonchev–Trinajstić information content (AvgIpc) is 2.65. The molecule has 0 fully saturated rings. The minimum absolute atomic E-state index is 0.229. The molecule has 122 valence electrons. The van der Waals surface area contributed by atoms with Crippen molar-refractivity contribution in [3.8, 4) is 11.8 Å². The van der Waals surface area contributed by atoms with E-state index < -0.39 is 11.9 Å². The first-order valence-electron chi connectivity index (χ1n) is 7.70. The van der Waals surface area contributed by atoms with Gasteiger partial charge in [-0.25, -0.2) is 0 Å². The van der Waals surface area contributed by atoms with Crippen molar-refractivity contribution >= 4 is 17.6 Å². The van der Waals surface area contributed by atoms with Gasteiger partial charge in [0.15, 0.2) is 0 Å². The summed E-state index contributed by atoms with van der Waals surface area (Å²) in [7, 11) is 0. The van der Waals surface area contributed by atoms with Crippen LogP contribution in [0.3, 0.4) is 0 Å². The SMILES string of the molecule is N#Cc1ccc(OC(=O)C(c2ccccc2)c2ccccc2)c(Cl)c1. The number of nitrogens with zero attached hydrogens (tertiary/aromatic N) is 1. The summed E-state index contributed by atoms with van der Waals surface area (Å²) in [6.45, 7) is 0. The number of ether oxygens (including phenoxy) is 1. The Balaban J connectivity index is 1.94. The van der Waals surface area contributed by atoms with E-state index in [4.69, 9.17) is 21.6 Å². The van der Waals surface area contributed by atoms with Gasteiger partial charge in [-0.3, -0.25) is 4.79 Å². The molecule has 0 heterocycles. The van der Waals surface area contributed by atoms with Crippen molar-refractivity contribution in [2.45, 2.75) is 5.92 Å². The van der Waals surface area contributed by atoms with Gasteiger partial charge < -0.3 is 4.74 Å². The van der Waals surface area contributed by atoms with Crippen LogP contribution in [-0.4, -0.2) is 5.97 Å². The lowest BCUT2D eigenvalue weighted by Crippen LogP contribution is -2.20. The monoisotopic (exact) mass is 347 g/mol. The van der Waals surface area contributed by atoms with Crippen LogP contribution in [-0.2, 0) is 4.79 Å². The molecule has 0 aliphatic rings. The first-order valence-corrected chi connectivity index (χ1v) is 8.08. The zero-order chi connectivity index (χ0) is 17.6. The number of nitriles is 1. The van der Waals surface area contributed by atoms with Crippen molar-refractivity contribution in [3.05, 3.63) is 101 Å². The van der Waals surface area contributed by atoms with Crippen LogP contribution in [0.5, 0.6) is 5.75 Å². The molecular weight excluding hydrogens is 334 g/mol. The van der Waals surface area contributed by atoms with Crippen LogP contribution < -0.4 is 4.74 Å². The Bertz CT molecular complexity index is 878. The number of benzene rings is 3. The minimum Gasteiger partial charge on any atom is -0.424 e. The van der Waals surface area contributed by atoms with Gasteiger partial charge in [-0.05, 0) is 29.3 Å². The van der Waals surface area contributed by atoms with E-state index in [-0.39, 0.29) is 10.8 Å². The molecule has 3 aromatic carbocycles. The number of esters is 1. The molecule has 0 amide bonds. The zero-order valence-corrected chi connectivity index (χ0v) is 14.0. The van der Waals surface area contributed by atoms with Gasteiger partial charge in [-0.2, -0.15) is 5.26 Å². The van der Waals surface area contributed by atoms with Crippen molar-refractivity contribution in [1.29, 1.82) is 5.26 Å². The predicted octanol–water partition coefficient (Wildman–Crippen LogP) is 4.95. The Morgan fingerprint density at radius 3 is 1.96 bits per heavy atom. The molecule has 25 heavy (non-hydrogen) atoms. The second kappa shape index (κ2) is 7.65. The molecule has 0 aromatic heterocycles.